The summed E-state index contributed by atoms with van der Waals surface area (Å²) in [5, 5.41) is 29.5. The number of methoxy groups -OCH3 is 1. The topological polar surface area (TPSA) is 164 Å². The van der Waals surface area contributed by atoms with Crippen LogP contribution in [0.4, 0.5) is 0 Å². The molecule has 0 aliphatic rings. The van der Waals surface area contributed by atoms with E-state index in [-0.39, 0.29) is 28.4 Å². The number of fused-ring (bicyclic) bond motifs is 1. The summed E-state index contributed by atoms with van der Waals surface area (Å²) in [4.78, 5) is 12.4. The molecule has 1 aromatic heterocycles. The molecule has 0 radical (unpaired) electrons. The number of hydrogen-bond donors (Lipinski definition) is 4. The minimum atomic E-state index is -4.88. The molecule has 11 heteroatoms. The maximum Gasteiger partial charge on any atom is 0.446 e. The van der Waals surface area contributed by atoms with Gasteiger partial charge in [-0.2, -0.15) is 8.42 Å². The minimum absolute atomic E-state index is 0.102. The summed E-state index contributed by atoms with van der Waals surface area (Å²) < 4.78 is 45.0. The van der Waals surface area contributed by atoms with Crippen LogP contribution >= 0.6 is 0 Å². The van der Waals surface area contributed by atoms with Crippen molar-refractivity contribution < 1.29 is 41.6 Å². The van der Waals surface area contributed by atoms with Crippen LogP contribution in [0.5, 0.6) is 28.7 Å². The fraction of sp³-hybridized carbons (Fsp3) is 0.0625. The molecule has 1 heterocycles. The minimum Gasteiger partial charge on any atom is -0.507 e. The molecule has 0 atom stereocenters. The molecule has 2 aromatic carbocycles. The van der Waals surface area contributed by atoms with E-state index in [1.165, 1.54) is 25.3 Å². The highest BCUT2D eigenvalue weighted by Gasteiger charge is 2.21. The Balaban J connectivity index is 2.27. The van der Waals surface area contributed by atoms with Crippen LogP contribution in [0.2, 0.25) is 0 Å². The third-order valence-corrected chi connectivity index (χ3v) is 3.97. The van der Waals surface area contributed by atoms with E-state index in [2.05, 4.69) is 4.18 Å². The largest absolute Gasteiger partial charge is 0.507 e. The second kappa shape index (κ2) is 6.37. The van der Waals surface area contributed by atoms with Crippen molar-refractivity contribution in [1.82, 2.24) is 0 Å². The third kappa shape index (κ3) is 3.45. The fourth-order valence-corrected chi connectivity index (χ4v) is 2.80. The van der Waals surface area contributed by atoms with Gasteiger partial charge >= 0.3 is 10.4 Å². The summed E-state index contributed by atoms with van der Waals surface area (Å²) in [5.41, 5.74) is -1.23. The number of hydrogen-bond acceptors (Lipinski definition) is 9. The van der Waals surface area contributed by atoms with E-state index < -0.39 is 38.5 Å². The first-order chi connectivity index (χ1) is 12.6. The van der Waals surface area contributed by atoms with Crippen molar-refractivity contribution in [2.24, 2.45) is 0 Å². The first-order valence-corrected chi connectivity index (χ1v) is 8.54. The summed E-state index contributed by atoms with van der Waals surface area (Å²) in [6.45, 7) is 0. The van der Waals surface area contributed by atoms with Crippen LogP contribution in [0.15, 0.2) is 39.5 Å². The lowest BCUT2D eigenvalue weighted by Crippen LogP contribution is -2.07. The molecule has 27 heavy (non-hydrogen) atoms. The van der Waals surface area contributed by atoms with Gasteiger partial charge in [0.1, 0.15) is 16.7 Å². The SMILES string of the molecule is COc1ccc(-c2oc3cc(OS(=O)(=O)O)cc(O)c3c(=O)c2O)cc1O. The molecular formula is C16H12O10S. The Morgan fingerprint density at radius 1 is 1.04 bits per heavy atom. The zero-order valence-electron chi connectivity index (χ0n) is 13.5. The first kappa shape index (κ1) is 18.4. The molecule has 3 aromatic rings. The van der Waals surface area contributed by atoms with Crippen molar-refractivity contribution in [3.05, 3.63) is 40.6 Å². The average Bonchev–Trinajstić information content (AvgIpc) is 2.56. The van der Waals surface area contributed by atoms with Gasteiger partial charge < -0.3 is 28.7 Å². The van der Waals surface area contributed by atoms with Crippen LogP contribution in [0.25, 0.3) is 22.3 Å². The second-order valence-electron chi connectivity index (χ2n) is 5.32. The van der Waals surface area contributed by atoms with Crippen LogP contribution in [-0.4, -0.2) is 35.4 Å². The zero-order valence-corrected chi connectivity index (χ0v) is 14.3. The Hall–Kier alpha value is -3.44. The Kier molecular flexibility index (Phi) is 4.33. The molecule has 0 aliphatic carbocycles. The van der Waals surface area contributed by atoms with Gasteiger partial charge in [-0.3, -0.25) is 9.35 Å². The molecule has 10 nitrogen and oxygen atoms in total. The number of benzene rings is 2. The van der Waals surface area contributed by atoms with Crippen LogP contribution < -0.4 is 14.3 Å². The molecule has 4 N–H and O–H groups in total. The molecule has 0 fully saturated rings. The number of aromatic hydroxyl groups is 3. The first-order valence-electron chi connectivity index (χ1n) is 7.17. The third-order valence-electron chi connectivity index (χ3n) is 3.57. The molecule has 3 rings (SSSR count). The van der Waals surface area contributed by atoms with E-state index in [1.54, 1.807) is 0 Å². The van der Waals surface area contributed by atoms with Gasteiger partial charge in [0.2, 0.25) is 11.2 Å². The van der Waals surface area contributed by atoms with Crippen LogP contribution in [0.1, 0.15) is 0 Å². The van der Waals surface area contributed by atoms with Gasteiger partial charge in [0.25, 0.3) is 0 Å². The lowest BCUT2D eigenvalue weighted by Gasteiger charge is -2.10. The molecule has 0 bridgehead atoms. The quantitative estimate of drug-likeness (QED) is 0.478. The maximum atomic E-state index is 12.4. The Morgan fingerprint density at radius 2 is 1.74 bits per heavy atom. The normalized spacial score (nSPS) is 11.5. The monoisotopic (exact) mass is 396 g/mol. The Bertz CT molecular complexity index is 1210. The number of phenols is 2. The molecule has 0 unspecified atom stereocenters. The van der Waals surface area contributed by atoms with Crippen molar-refractivity contribution in [3.63, 3.8) is 0 Å². The molecule has 0 saturated carbocycles. The van der Waals surface area contributed by atoms with Crippen molar-refractivity contribution in [2.75, 3.05) is 7.11 Å². The molecule has 0 spiro atoms. The Morgan fingerprint density at radius 3 is 2.33 bits per heavy atom. The number of phenolic OH excluding ortho intramolecular Hbond substituents is 2. The van der Waals surface area contributed by atoms with Crippen LogP contribution in [-0.2, 0) is 10.4 Å². The summed E-state index contributed by atoms with van der Waals surface area (Å²) in [6.07, 6.45) is 0. The standard InChI is InChI=1S/C16H12O10S/c1-24-11-3-2-7(4-9(11)17)16-15(20)14(19)13-10(18)5-8(6-12(13)25-16)26-27(21,22)23/h2-6,17-18,20H,1H3,(H,21,22,23). The highest BCUT2D eigenvalue weighted by Crippen LogP contribution is 2.38. The molecular weight excluding hydrogens is 384 g/mol. The summed E-state index contributed by atoms with van der Waals surface area (Å²) in [5.74, 6) is -2.61. The van der Waals surface area contributed by atoms with E-state index in [0.717, 1.165) is 12.1 Å². The lowest BCUT2D eigenvalue weighted by atomic mass is 10.1. The average molecular weight is 396 g/mol. The van der Waals surface area contributed by atoms with Crippen molar-refractivity contribution >= 4 is 21.4 Å². The van der Waals surface area contributed by atoms with Gasteiger partial charge in [0.15, 0.2) is 23.0 Å². The summed E-state index contributed by atoms with van der Waals surface area (Å²) >= 11 is 0. The predicted molar refractivity (Wildman–Crippen MR) is 91.6 cm³/mol. The van der Waals surface area contributed by atoms with Gasteiger partial charge in [-0.1, -0.05) is 0 Å². The van der Waals surface area contributed by atoms with E-state index in [1.807, 2.05) is 0 Å². The fourth-order valence-electron chi connectivity index (χ4n) is 2.46. The van der Waals surface area contributed by atoms with Crippen LogP contribution in [0.3, 0.4) is 0 Å². The lowest BCUT2D eigenvalue weighted by molar-refractivity contribution is 0.373. The zero-order chi connectivity index (χ0) is 19.9. The molecule has 0 amide bonds. The maximum absolute atomic E-state index is 12.4. The van der Waals surface area contributed by atoms with Gasteiger partial charge in [-0.05, 0) is 18.2 Å². The summed E-state index contributed by atoms with van der Waals surface area (Å²) in [7, 11) is -3.55. The van der Waals surface area contributed by atoms with E-state index in [4.69, 9.17) is 13.7 Å². The van der Waals surface area contributed by atoms with Gasteiger partial charge in [-0.25, -0.2) is 0 Å². The van der Waals surface area contributed by atoms with Crippen molar-refractivity contribution in [3.8, 4) is 40.1 Å². The number of rotatable bonds is 4. The highest BCUT2D eigenvalue weighted by atomic mass is 32.3. The highest BCUT2D eigenvalue weighted by molar-refractivity contribution is 7.81. The van der Waals surface area contributed by atoms with Crippen LogP contribution in [0, 0.1) is 0 Å². The Labute approximate surface area is 151 Å². The van der Waals surface area contributed by atoms with E-state index in [0.29, 0.717) is 0 Å². The van der Waals surface area contributed by atoms with E-state index in [9.17, 15) is 28.5 Å². The van der Waals surface area contributed by atoms with E-state index >= 15 is 0 Å². The molecule has 0 aliphatic heterocycles. The second-order valence-corrected chi connectivity index (χ2v) is 6.34. The number of ether oxygens (including phenoxy) is 1. The molecule has 142 valence electrons. The summed E-state index contributed by atoms with van der Waals surface area (Å²) in [6, 6.07) is 5.60. The van der Waals surface area contributed by atoms with Gasteiger partial charge in [-0.15, -0.1) is 0 Å². The predicted octanol–water partition coefficient (Wildman–Crippen LogP) is 1.77. The van der Waals surface area contributed by atoms with Gasteiger partial charge in [0.05, 0.1) is 7.11 Å². The smallest absolute Gasteiger partial charge is 0.446 e. The molecule has 0 saturated heterocycles. The van der Waals surface area contributed by atoms with Crippen molar-refractivity contribution in [2.45, 2.75) is 0 Å². The van der Waals surface area contributed by atoms with Gasteiger partial charge in [0, 0.05) is 17.7 Å². The van der Waals surface area contributed by atoms with Crippen molar-refractivity contribution in [1.29, 1.82) is 0 Å².